The van der Waals surface area contributed by atoms with E-state index in [1.54, 1.807) is 0 Å². The van der Waals surface area contributed by atoms with Crippen LogP contribution in [0.15, 0.2) is 0 Å². The van der Waals surface area contributed by atoms with Gasteiger partial charge in [0, 0.05) is 0 Å². The fraction of sp³-hybridized carbons (Fsp3) is 0.920. The fourth-order valence-electron chi connectivity index (χ4n) is 5.70. The van der Waals surface area contributed by atoms with Crippen LogP contribution in [-0.2, 0) is 14.3 Å². The number of carbonyl (C=O) groups is 2. The Morgan fingerprint density at radius 1 is 0.862 bits per heavy atom. The Morgan fingerprint density at radius 3 is 2.24 bits per heavy atom. The number of rotatable bonds is 10. The average molecular weight is 409 g/mol. The lowest BCUT2D eigenvalue weighted by molar-refractivity contribution is -0.162. The summed E-state index contributed by atoms with van der Waals surface area (Å²) in [5, 5.41) is 9.53. The van der Waals surface area contributed by atoms with Crippen molar-refractivity contribution in [2.24, 2.45) is 41.4 Å². The molecule has 7 atom stereocenters. The minimum absolute atomic E-state index is 0.272. The van der Waals surface area contributed by atoms with Gasteiger partial charge in [-0.15, -0.1) is 0 Å². The van der Waals surface area contributed by atoms with Crippen LogP contribution in [-0.4, -0.2) is 23.7 Å². The van der Waals surface area contributed by atoms with Gasteiger partial charge in [0.2, 0.25) is 0 Å². The van der Waals surface area contributed by atoms with Crippen molar-refractivity contribution in [2.45, 2.75) is 98.3 Å². The fourth-order valence-corrected chi connectivity index (χ4v) is 5.70. The predicted octanol–water partition coefficient (Wildman–Crippen LogP) is 6.33. The normalized spacial score (nSPS) is 35.2. The summed E-state index contributed by atoms with van der Waals surface area (Å²) in [4.78, 5) is 24.3. The molecule has 0 aromatic carbocycles. The van der Waals surface area contributed by atoms with Gasteiger partial charge in [0.25, 0.3) is 0 Å². The summed E-state index contributed by atoms with van der Waals surface area (Å²) in [6, 6.07) is 0. The number of aliphatic carboxylic acids is 1. The SMILES string of the molecule is CCCCCCCC1CC(COC(=O)C2CCC(C)CC2C(=O)O)C(C)CC1C. The number of esters is 1. The molecule has 0 aromatic heterocycles. The quantitative estimate of drug-likeness (QED) is 0.339. The van der Waals surface area contributed by atoms with Crippen molar-refractivity contribution < 1.29 is 19.4 Å². The van der Waals surface area contributed by atoms with Crippen LogP contribution in [0.25, 0.3) is 0 Å². The standard InChI is InChI=1S/C25H44O4/c1-5-6-7-8-9-10-20-15-21(19(4)14-18(20)3)16-29-25(28)22-12-11-17(2)13-23(22)24(26)27/h17-23H,5-16H2,1-4H3,(H,26,27). The zero-order valence-electron chi connectivity index (χ0n) is 19.2. The highest BCUT2D eigenvalue weighted by Gasteiger charge is 2.40. The lowest BCUT2D eigenvalue weighted by Gasteiger charge is -2.39. The molecule has 0 heterocycles. The molecule has 7 unspecified atom stereocenters. The Hall–Kier alpha value is -1.06. The zero-order chi connectivity index (χ0) is 21.4. The minimum atomic E-state index is -0.846. The largest absolute Gasteiger partial charge is 0.481 e. The molecule has 0 bridgehead atoms. The van der Waals surface area contributed by atoms with Crippen LogP contribution in [0.2, 0.25) is 0 Å². The molecule has 4 nitrogen and oxygen atoms in total. The predicted molar refractivity (Wildman–Crippen MR) is 117 cm³/mol. The van der Waals surface area contributed by atoms with Gasteiger partial charge in [-0.1, -0.05) is 66.2 Å². The number of unbranched alkanes of at least 4 members (excludes halogenated alkanes) is 4. The third-order valence-corrected chi connectivity index (χ3v) is 7.81. The molecule has 1 N–H and O–H groups in total. The van der Waals surface area contributed by atoms with E-state index >= 15 is 0 Å². The topological polar surface area (TPSA) is 63.6 Å². The van der Waals surface area contributed by atoms with Gasteiger partial charge in [0.1, 0.15) is 0 Å². The summed E-state index contributed by atoms with van der Waals surface area (Å²) in [6.45, 7) is 9.47. The van der Waals surface area contributed by atoms with Crippen molar-refractivity contribution in [2.75, 3.05) is 6.61 Å². The molecule has 2 aliphatic rings. The molecule has 2 rings (SSSR count). The van der Waals surface area contributed by atoms with Crippen LogP contribution in [0.1, 0.15) is 98.3 Å². The first-order chi connectivity index (χ1) is 13.8. The van der Waals surface area contributed by atoms with Crippen molar-refractivity contribution in [1.29, 1.82) is 0 Å². The third kappa shape index (κ3) is 7.29. The van der Waals surface area contributed by atoms with Gasteiger partial charge in [-0.25, -0.2) is 0 Å². The van der Waals surface area contributed by atoms with E-state index in [4.69, 9.17) is 4.74 Å². The number of carbonyl (C=O) groups excluding carboxylic acids is 1. The van der Waals surface area contributed by atoms with E-state index in [2.05, 4.69) is 27.7 Å². The van der Waals surface area contributed by atoms with E-state index in [9.17, 15) is 14.7 Å². The molecule has 0 radical (unpaired) electrons. The molecule has 2 saturated carbocycles. The number of carboxylic acid groups (broad SMARTS) is 1. The monoisotopic (exact) mass is 408 g/mol. The first kappa shape index (κ1) is 24.2. The highest BCUT2D eigenvalue weighted by molar-refractivity contribution is 5.81. The second-order valence-corrected chi connectivity index (χ2v) is 10.2. The lowest BCUT2D eigenvalue weighted by atomic mass is 9.68. The van der Waals surface area contributed by atoms with Gasteiger partial charge in [-0.2, -0.15) is 0 Å². The summed E-state index contributed by atoms with van der Waals surface area (Å²) in [6.07, 6.45) is 12.4. The van der Waals surface area contributed by atoms with Gasteiger partial charge in [0.05, 0.1) is 18.4 Å². The van der Waals surface area contributed by atoms with E-state index in [1.165, 1.54) is 44.9 Å². The molecule has 0 aliphatic heterocycles. The minimum Gasteiger partial charge on any atom is -0.481 e. The van der Waals surface area contributed by atoms with E-state index in [-0.39, 0.29) is 5.97 Å². The maximum atomic E-state index is 12.7. The van der Waals surface area contributed by atoms with Crippen LogP contribution >= 0.6 is 0 Å². The molecule has 2 aliphatic carbocycles. The maximum absolute atomic E-state index is 12.7. The van der Waals surface area contributed by atoms with E-state index in [1.807, 2.05) is 0 Å². The third-order valence-electron chi connectivity index (χ3n) is 7.81. The smallest absolute Gasteiger partial charge is 0.309 e. The molecule has 168 valence electrons. The Bertz CT molecular complexity index is 517. The van der Waals surface area contributed by atoms with Gasteiger partial charge in [-0.05, 0) is 61.7 Å². The summed E-state index contributed by atoms with van der Waals surface area (Å²) in [5.74, 6) is 0.683. The van der Waals surface area contributed by atoms with Gasteiger partial charge < -0.3 is 9.84 Å². The number of hydrogen-bond acceptors (Lipinski definition) is 3. The molecule has 0 saturated heterocycles. The molecular weight excluding hydrogens is 364 g/mol. The average Bonchev–Trinajstić information content (AvgIpc) is 2.68. The Kier molecular flexibility index (Phi) is 9.98. The van der Waals surface area contributed by atoms with Crippen LogP contribution in [0.3, 0.4) is 0 Å². The van der Waals surface area contributed by atoms with Crippen molar-refractivity contribution in [3.05, 3.63) is 0 Å². The molecule has 0 amide bonds. The van der Waals surface area contributed by atoms with Gasteiger partial charge in [0.15, 0.2) is 0 Å². The first-order valence-electron chi connectivity index (χ1n) is 12.2. The highest BCUT2D eigenvalue weighted by Crippen LogP contribution is 2.41. The lowest BCUT2D eigenvalue weighted by Crippen LogP contribution is -2.38. The van der Waals surface area contributed by atoms with Gasteiger partial charge >= 0.3 is 11.9 Å². The van der Waals surface area contributed by atoms with Crippen LogP contribution in [0.5, 0.6) is 0 Å². The van der Waals surface area contributed by atoms with E-state index in [0.29, 0.717) is 37.2 Å². The molecule has 29 heavy (non-hydrogen) atoms. The molecular formula is C25H44O4. The molecule has 4 heteroatoms. The van der Waals surface area contributed by atoms with E-state index in [0.717, 1.165) is 24.7 Å². The second kappa shape index (κ2) is 12.0. The van der Waals surface area contributed by atoms with Crippen molar-refractivity contribution in [1.82, 2.24) is 0 Å². The molecule has 0 aromatic rings. The van der Waals surface area contributed by atoms with Crippen molar-refractivity contribution in [3.63, 3.8) is 0 Å². The maximum Gasteiger partial charge on any atom is 0.309 e. The summed E-state index contributed by atoms with van der Waals surface area (Å²) in [7, 11) is 0. The Labute approximate surface area is 178 Å². The van der Waals surface area contributed by atoms with Crippen LogP contribution in [0, 0.1) is 41.4 Å². The number of hydrogen-bond donors (Lipinski definition) is 1. The Balaban J connectivity index is 1.82. The Morgan fingerprint density at radius 2 is 1.55 bits per heavy atom. The highest BCUT2D eigenvalue weighted by atomic mass is 16.5. The number of ether oxygens (including phenoxy) is 1. The second-order valence-electron chi connectivity index (χ2n) is 10.2. The first-order valence-corrected chi connectivity index (χ1v) is 12.2. The molecule has 2 fully saturated rings. The molecule has 0 spiro atoms. The van der Waals surface area contributed by atoms with Crippen molar-refractivity contribution >= 4 is 11.9 Å². The van der Waals surface area contributed by atoms with Crippen molar-refractivity contribution in [3.8, 4) is 0 Å². The zero-order valence-corrected chi connectivity index (χ0v) is 19.2. The van der Waals surface area contributed by atoms with Crippen LogP contribution in [0.4, 0.5) is 0 Å². The number of carboxylic acids is 1. The van der Waals surface area contributed by atoms with E-state index < -0.39 is 17.8 Å². The van der Waals surface area contributed by atoms with Gasteiger partial charge in [-0.3, -0.25) is 9.59 Å². The summed E-state index contributed by atoms with van der Waals surface area (Å²) < 4.78 is 5.75. The summed E-state index contributed by atoms with van der Waals surface area (Å²) >= 11 is 0. The van der Waals surface area contributed by atoms with Crippen LogP contribution < -0.4 is 0 Å². The summed E-state index contributed by atoms with van der Waals surface area (Å²) in [5.41, 5.74) is 0.